The second-order valence-electron chi connectivity index (χ2n) is 3.80. The summed E-state index contributed by atoms with van der Waals surface area (Å²) in [5.41, 5.74) is -1.78. The lowest BCUT2D eigenvalue weighted by atomic mass is 9.90. The molecule has 0 aliphatic rings. The van der Waals surface area contributed by atoms with Gasteiger partial charge in [0.15, 0.2) is 0 Å². The molecule has 96 valence electrons. The van der Waals surface area contributed by atoms with Gasteiger partial charge in [-0.1, -0.05) is 6.32 Å². The standard InChI is InChI=1S/C7H10BF7O/c1-4(2,3-8)16-7(14,15)5(9,10)6(11,12)13/h3,8H2,1-2H3. The van der Waals surface area contributed by atoms with E-state index in [2.05, 4.69) is 4.74 Å². The van der Waals surface area contributed by atoms with Gasteiger partial charge in [-0.15, -0.1) is 0 Å². The molecule has 0 rings (SSSR count). The molecule has 0 aliphatic carbocycles. The summed E-state index contributed by atoms with van der Waals surface area (Å²) in [4.78, 5) is 0. The van der Waals surface area contributed by atoms with Crippen LogP contribution in [0.15, 0.2) is 0 Å². The molecule has 0 radical (unpaired) electrons. The van der Waals surface area contributed by atoms with Crippen LogP contribution in [0.4, 0.5) is 30.7 Å². The zero-order valence-electron chi connectivity index (χ0n) is 8.76. The minimum Gasteiger partial charge on any atom is -0.310 e. The fourth-order valence-electron chi connectivity index (χ4n) is 0.648. The summed E-state index contributed by atoms with van der Waals surface area (Å²) in [6.07, 6.45) is -12.1. The summed E-state index contributed by atoms with van der Waals surface area (Å²) in [7, 11) is 1.32. The molecule has 9 heteroatoms. The Kier molecular flexibility index (Phi) is 3.97. The Balaban J connectivity index is 5.07. The topological polar surface area (TPSA) is 9.23 Å². The molecule has 0 saturated heterocycles. The second-order valence-corrected chi connectivity index (χ2v) is 3.80. The SMILES string of the molecule is BCC(C)(C)OC(F)(F)C(F)(F)C(F)(F)F. The van der Waals surface area contributed by atoms with E-state index in [4.69, 9.17) is 0 Å². The van der Waals surface area contributed by atoms with Gasteiger partial charge in [-0.25, -0.2) is 0 Å². The third-order valence-electron chi connectivity index (χ3n) is 1.98. The van der Waals surface area contributed by atoms with E-state index in [1.807, 2.05) is 0 Å². The van der Waals surface area contributed by atoms with Crippen LogP contribution in [0.1, 0.15) is 13.8 Å². The summed E-state index contributed by atoms with van der Waals surface area (Å²) in [5.74, 6) is -6.22. The van der Waals surface area contributed by atoms with Crippen molar-refractivity contribution in [2.24, 2.45) is 0 Å². The number of ether oxygens (including phenoxy) is 1. The highest BCUT2D eigenvalue weighted by atomic mass is 19.4. The average molecular weight is 254 g/mol. The monoisotopic (exact) mass is 254 g/mol. The van der Waals surface area contributed by atoms with E-state index >= 15 is 0 Å². The first kappa shape index (κ1) is 15.5. The molecule has 0 saturated carbocycles. The van der Waals surface area contributed by atoms with E-state index in [1.54, 1.807) is 0 Å². The molecule has 0 atom stereocenters. The van der Waals surface area contributed by atoms with Crippen molar-refractivity contribution in [3.8, 4) is 0 Å². The van der Waals surface area contributed by atoms with E-state index in [1.165, 1.54) is 7.85 Å². The average Bonchev–Trinajstić information content (AvgIpc) is 2.00. The van der Waals surface area contributed by atoms with Crippen molar-refractivity contribution < 1.29 is 35.5 Å². The number of hydrogen-bond donors (Lipinski definition) is 0. The van der Waals surface area contributed by atoms with Crippen molar-refractivity contribution in [3.63, 3.8) is 0 Å². The first-order valence-electron chi connectivity index (χ1n) is 4.29. The maximum atomic E-state index is 12.7. The second kappa shape index (κ2) is 4.08. The third-order valence-corrected chi connectivity index (χ3v) is 1.98. The molecule has 0 bridgehead atoms. The summed E-state index contributed by atoms with van der Waals surface area (Å²) >= 11 is 0. The van der Waals surface area contributed by atoms with Crippen LogP contribution >= 0.6 is 0 Å². The highest BCUT2D eigenvalue weighted by Gasteiger charge is 2.75. The molecule has 0 aromatic carbocycles. The quantitative estimate of drug-likeness (QED) is 0.553. The van der Waals surface area contributed by atoms with Crippen LogP contribution in [0.3, 0.4) is 0 Å². The molecule has 0 aromatic heterocycles. The van der Waals surface area contributed by atoms with Gasteiger partial charge in [-0.2, -0.15) is 30.7 Å². The molecule has 0 aliphatic heterocycles. The number of rotatable bonds is 4. The molecule has 0 unspecified atom stereocenters. The highest BCUT2D eigenvalue weighted by Crippen LogP contribution is 2.48. The van der Waals surface area contributed by atoms with Gasteiger partial charge in [0.1, 0.15) is 7.85 Å². The van der Waals surface area contributed by atoms with Crippen LogP contribution in [0.25, 0.3) is 0 Å². The van der Waals surface area contributed by atoms with E-state index in [0.717, 1.165) is 13.8 Å². The minimum atomic E-state index is -6.36. The number of alkyl halides is 7. The van der Waals surface area contributed by atoms with Crippen LogP contribution in [-0.2, 0) is 4.74 Å². The van der Waals surface area contributed by atoms with Crippen LogP contribution in [-0.4, -0.2) is 31.7 Å². The van der Waals surface area contributed by atoms with Crippen LogP contribution in [0.5, 0.6) is 0 Å². The Morgan fingerprint density at radius 3 is 1.56 bits per heavy atom. The summed E-state index contributed by atoms with van der Waals surface area (Å²) < 4.78 is 88.8. The van der Waals surface area contributed by atoms with Crippen LogP contribution in [0, 0.1) is 0 Å². The van der Waals surface area contributed by atoms with Crippen molar-refractivity contribution in [1.29, 1.82) is 0 Å². The molecule has 0 fully saturated rings. The van der Waals surface area contributed by atoms with Gasteiger partial charge < -0.3 is 4.74 Å². The molecule has 0 heterocycles. The Morgan fingerprint density at radius 2 is 1.31 bits per heavy atom. The van der Waals surface area contributed by atoms with Crippen molar-refractivity contribution in [1.82, 2.24) is 0 Å². The lowest BCUT2D eigenvalue weighted by Gasteiger charge is -2.34. The minimum absolute atomic E-state index is 0.142. The maximum Gasteiger partial charge on any atom is 0.462 e. The lowest BCUT2D eigenvalue weighted by Crippen LogP contribution is -2.55. The predicted molar refractivity (Wildman–Crippen MR) is 44.5 cm³/mol. The first-order chi connectivity index (χ1) is 6.77. The van der Waals surface area contributed by atoms with Crippen molar-refractivity contribution in [3.05, 3.63) is 0 Å². The first-order valence-corrected chi connectivity index (χ1v) is 4.29. The molecule has 0 spiro atoms. The van der Waals surface area contributed by atoms with Crippen molar-refractivity contribution >= 4 is 7.85 Å². The fraction of sp³-hybridized carbons (Fsp3) is 1.00. The van der Waals surface area contributed by atoms with E-state index in [-0.39, 0.29) is 6.32 Å². The molecular weight excluding hydrogens is 244 g/mol. The van der Waals surface area contributed by atoms with Gasteiger partial charge in [-0.3, -0.25) is 0 Å². The Labute approximate surface area is 88.4 Å². The van der Waals surface area contributed by atoms with E-state index < -0.39 is 23.8 Å². The Morgan fingerprint density at radius 1 is 0.938 bits per heavy atom. The van der Waals surface area contributed by atoms with Crippen LogP contribution in [0.2, 0.25) is 6.32 Å². The van der Waals surface area contributed by atoms with Crippen molar-refractivity contribution in [2.45, 2.75) is 44.0 Å². The molecule has 16 heavy (non-hydrogen) atoms. The van der Waals surface area contributed by atoms with Gasteiger partial charge in [0, 0.05) is 0 Å². The summed E-state index contributed by atoms with van der Waals surface area (Å²) in [6, 6.07) is 0. The maximum absolute atomic E-state index is 12.7. The third kappa shape index (κ3) is 3.02. The van der Waals surface area contributed by atoms with Gasteiger partial charge in [0.2, 0.25) is 0 Å². The zero-order valence-corrected chi connectivity index (χ0v) is 8.76. The number of halogens is 7. The lowest BCUT2D eigenvalue weighted by molar-refractivity contribution is -0.438. The smallest absolute Gasteiger partial charge is 0.310 e. The van der Waals surface area contributed by atoms with E-state index in [0.29, 0.717) is 0 Å². The molecule has 0 N–H and O–H groups in total. The highest BCUT2D eigenvalue weighted by molar-refractivity contribution is 6.09. The van der Waals surface area contributed by atoms with Gasteiger partial charge in [0.05, 0.1) is 5.60 Å². The predicted octanol–water partition coefficient (Wildman–Crippen LogP) is 2.62. The fourth-order valence-corrected chi connectivity index (χ4v) is 0.648. The zero-order chi connectivity index (χ0) is 13.4. The normalized spacial score (nSPS) is 15.3. The molecule has 0 aromatic rings. The van der Waals surface area contributed by atoms with Gasteiger partial charge in [-0.05, 0) is 13.8 Å². The summed E-state index contributed by atoms with van der Waals surface area (Å²) in [6.45, 7) is 1.99. The molecule has 0 amide bonds. The number of hydrogen-bond acceptors (Lipinski definition) is 1. The van der Waals surface area contributed by atoms with Gasteiger partial charge in [0.25, 0.3) is 0 Å². The Hall–Kier alpha value is -0.465. The van der Waals surface area contributed by atoms with Crippen LogP contribution < -0.4 is 0 Å². The van der Waals surface area contributed by atoms with Gasteiger partial charge >= 0.3 is 18.2 Å². The summed E-state index contributed by atoms with van der Waals surface area (Å²) in [5, 5.41) is 0. The molecule has 1 nitrogen and oxygen atoms in total. The van der Waals surface area contributed by atoms with E-state index in [9.17, 15) is 30.7 Å². The Bertz CT molecular complexity index is 248. The van der Waals surface area contributed by atoms with Crippen molar-refractivity contribution in [2.75, 3.05) is 0 Å². The largest absolute Gasteiger partial charge is 0.462 e. The molecular formula is C7H10BF7O.